The smallest absolute Gasteiger partial charge is 0.225 e. The lowest BCUT2D eigenvalue weighted by atomic mass is 9.78. The maximum Gasteiger partial charge on any atom is 0.225 e. The van der Waals surface area contributed by atoms with Gasteiger partial charge in [-0.25, -0.2) is 0 Å². The second kappa shape index (κ2) is 4.47. The van der Waals surface area contributed by atoms with Gasteiger partial charge in [0, 0.05) is 17.5 Å². The van der Waals surface area contributed by atoms with Crippen LogP contribution in [0.3, 0.4) is 0 Å². The van der Waals surface area contributed by atoms with Gasteiger partial charge in [-0.15, -0.1) is 0 Å². The van der Waals surface area contributed by atoms with Crippen LogP contribution >= 0.6 is 0 Å². The van der Waals surface area contributed by atoms with Crippen LogP contribution in [-0.4, -0.2) is 5.91 Å². The van der Waals surface area contributed by atoms with Gasteiger partial charge in [-0.2, -0.15) is 0 Å². The van der Waals surface area contributed by atoms with Gasteiger partial charge < -0.3 is 5.32 Å². The SMILES string of the molecule is CC.CC1(C)CC(=O)Nc2ccccc21. The molecule has 0 saturated carbocycles. The van der Waals surface area contributed by atoms with E-state index in [1.54, 1.807) is 0 Å². The molecule has 0 unspecified atom stereocenters. The van der Waals surface area contributed by atoms with Crippen molar-refractivity contribution in [2.75, 3.05) is 5.32 Å². The number of anilines is 1. The van der Waals surface area contributed by atoms with Gasteiger partial charge in [0.1, 0.15) is 0 Å². The van der Waals surface area contributed by atoms with Crippen molar-refractivity contribution in [2.24, 2.45) is 0 Å². The molecule has 0 aromatic heterocycles. The first-order valence-electron chi connectivity index (χ1n) is 5.49. The van der Waals surface area contributed by atoms with Crippen molar-refractivity contribution in [3.63, 3.8) is 0 Å². The highest BCUT2D eigenvalue weighted by Gasteiger charge is 2.31. The van der Waals surface area contributed by atoms with E-state index in [4.69, 9.17) is 0 Å². The summed E-state index contributed by atoms with van der Waals surface area (Å²) in [6.45, 7) is 8.20. The zero-order valence-electron chi connectivity index (χ0n) is 9.92. The zero-order valence-corrected chi connectivity index (χ0v) is 9.92. The Hall–Kier alpha value is -1.31. The topological polar surface area (TPSA) is 29.1 Å². The lowest BCUT2D eigenvalue weighted by Gasteiger charge is -2.31. The molecule has 0 saturated heterocycles. The molecule has 0 radical (unpaired) electrons. The van der Waals surface area contributed by atoms with E-state index >= 15 is 0 Å². The van der Waals surface area contributed by atoms with E-state index in [0.717, 1.165) is 5.69 Å². The Morgan fingerprint density at radius 3 is 2.47 bits per heavy atom. The van der Waals surface area contributed by atoms with E-state index in [1.165, 1.54) is 5.56 Å². The number of benzene rings is 1. The largest absolute Gasteiger partial charge is 0.326 e. The summed E-state index contributed by atoms with van der Waals surface area (Å²) in [5.74, 6) is 0.115. The van der Waals surface area contributed by atoms with Gasteiger partial charge in [0.05, 0.1) is 0 Å². The Morgan fingerprint density at radius 2 is 1.80 bits per heavy atom. The monoisotopic (exact) mass is 205 g/mol. The molecule has 1 aromatic carbocycles. The van der Waals surface area contributed by atoms with E-state index in [2.05, 4.69) is 25.2 Å². The van der Waals surface area contributed by atoms with E-state index in [-0.39, 0.29) is 11.3 Å². The predicted molar refractivity (Wildman–Crippen MR) is 64.1 cm³/mol. The molecule has 1 N–H and O–H groups in total. The van der Waals surface area contributed by atoms with Gasteiger partial charge in [-0.05, 0) is 11.6 Å². The van der Waals surface area contributed by atoms with Crippen LogP contribution in [0.1, 0.15) is 39.7 Å². The Balaban J connectivity index is 0.000000531. The number of carbonyl (C=O) groups is 1. The van der Waals surface area contributed by atoms with Crippen molar-refractivity contribution in [1.29, 1.82) is 0 Å². The molecule has 0 bridgehead atoms. The summed E-state index contributed by atoms with van der Waals surface area (Å²) in [6.07, 6.45) is 0.573. The number of para-hydroxylation sites is 1. The lowest BCUT2D eigenvalue weighted by molar-refractivity contribution is -0.117. The fraction of sp³-hybridized carbons (Fsp3) is 0.462. The Morgan fingerprint density at radius 1 is 1.20 bits per heavy atom. The highest BCUT2D eigenvalue weighted by Crippen LogP contribution is 2.36. The number of amides is 1. The van der Waals surface area contributed by atoms with Crippen molar-refractivity contribution in [3.8, 4) is 0 Å². The first-order chi connectivity index (χ1) is 7.09. The number of carbonyl (C=O) groups excluding carboxylic acids is 1. The highest BCUT2D eigenvalue weighted by molar-refractivity contribution is 5.95. The van der Waals surface area contributed by atoms with Crippen LogP contribution in [0.2, 0.25) is 0 Å². The third-order valence-electron chi connectivity index (χ3n) is 2.53. The maximum absolute atomic E-state index is 11.3. The molecule has 0 aliphatic carbocycles. The molecule has 2 heteroatoms. The van der Waals surface area contributed by atoms with Crippen LogP contribution in [0.15, 0.2) is 24.3 Å². The standard InChI is InChI=1S/C11H13NO.C2H6/c1-11(2)7-10(13)12-9-6-4-3-5-8(9)11;1-2/h3-6H,7H2,1-2H3,(H,12,13);1-2H3. The molecule has 1 heterocycles. The minimum Gasteiger partial charge on any atom is -0.326 e. The molecular formula is C13H19NO. The van der Waals surface area contributed by atoms with Gasteiger partial charge in [0.15, 0.2) is 0 Å². The maximum atomic E-state index is 11.3. The first-order valence-corrected chi connectivity index (χ1v) is 5.49. The molecule has 82 valence electrons. The van der Waals surface area contributed by atoms with Gasteiger partial charge in [-0.1, -0.05) is 45.9 Å². The Kier molecular flexibility index (Phi) is 3.51. The predicted octanol–water partition coefficient (Wildman–Crippen LogP) is 3.33. The second-order valence-electron chi connectivity index (χ2n) is 4.15. The average Bonchev–Trinajstić information content (AvgIpc) is 2.19. The molecule has 15 heavy (non-hydrogen) atoms. The first kappa shape index (κ1) is 11.8. The summed E-state index contributed by atoms with van der Waals surface area (Å²) < 4.78 is 0. The van der Waals surface area contributed by atoms with E-state index in [1.807, 2.05) is 32.0 Å². The fourth-order valence-electron chi connectivity index (χ4n) is 1.87. The van der Waals surface area contributed by atoms with E-state index in [9.17, 15) is 4.79 Å². The third kappa shape index (κ3) is 2.38. The van der Waals surface area contributed by atoms with Gasteiger partial charge in [0.25, 0.3) is 0 Å². The number of hydrogen-bond donors (Lipinski definition) is 1. The Labute approximate surface area is 91.7 Å². The lowest BCUT2D eigenvalue weighted by Crippen LogP contribution is -2.32. The quantitative estimate of drug-likeness (QED) is 0.691. The van der Waals surface area contributed by atoms with E-state index in [0.29, 0.717) is 6.42 Å². The summed E-state index contributed by atoms with van der Waals surface area (Å²) in [6, 6.07) is 7.99. The summed E-state index contributed by atoms with van der Waals surface area (Å²) in [7, 11) is 0. The molecule has 0 atom stereocenters. The zero-order chi connectivity index (χ0) is 11.5. The number of rotatable bonds is 0. The third-order valence-corrected chi connectivity index (χ3v) is 2.53. The summed E-state index contributed by atoms with van der Waals surface area (Å²) in [5.41, 5.74) is 2.16. The minimum absolute atomic E-state index is 0.0288. The number of fused-ring (bicyclic) bond motifs is 1. The van der Waals surface area contributed by atoms with Crippen molar-refractivity contribution in [2.45, 2.75) is 39.5 Å². The van der Waals surface area contributed by atoms with Crippen LogP contribution < -0.4 is 5.32 Å². The van der Waals surface area contributed by atoms with Crippen LogP contribution in [-0.2, 0) is 10.2 Å². The van der Waals surface area contributed by atoms with Gasteiger partial charge in [-0.3, -0.25) is 4.79 Å². The molecular weight excluding hydrogens is 186 g/mol. The number of nitrogens with one attached hydrogen (secondary N) is 1. The summed E-state index contributed by atoms with van der Waals surface area (Å²) in [4.78, 5) is 11.3. The van der Waals surface area contributed by atoms with Crippen molar-refractivity contribution < 1.29 is 4.79 Å². The van der Waals surface area contributed by atoms with Crippen molar-refractivity contribution >= 4 is 11.6 Å². The van der Waals surface area contributed by atoms with Crippen molar-refractivity contribution in [1.82, 2.24) is 0 Å². The van der Waals surface area contributed by atoms with Gasteiger partial charge >= 0.3 is 0 Å². The normalized spacial score (nSPS) is 16.9. The molecule has 1 aliphatic heterocycles. The Bertz CT molecular complexity index is 355. The molecule has 2 nitrogen and oxygen atoms in total. The molecule has 0 spiro atoms. The average molecular weight is 205 g/mol. The fourth-order valence-corrected chi connectivity index (χ4v) is 1.87. The number of hydrogen-bond acceptors (Lipinski definition) is 1. The highest BCUT2D eigenvalue weighted by atomic mass is 16.1. The molecule has 1 aromatic rings. The van der Waals surface area contributed by atoms with Crippen molar-refractivity contribution in [3.05, 3.63) is 29.8 Å². The molecule has 2 rings (SSSR count). The van der Waals surface area contributed by atoms with Crippen LogP contribution in [0.4, 0.5) is 5.69 Å². The summed E-state index contributed by atoms with van der Waals surface area (Å²) in [5, 5.41) is 2.88. The minimum atomic E-state index is -0.0288. The molecule has 1 aliphatic rings. The molecule has 1 amide bonds. The van der Waals surface area contributed by atoms with Crippen LogP contribution in [0.5, 0.6) is 0 Å². The van der Waals surface area contributed by atoms with E-state index < -0.39 is 0 Å². The van der Waals surface area contributed by atoms with Crippen LogP contribution in [0.25, 0.3) is 0 Å². The second-order valence-corrected chi connectivity index (χ2v) is 4.15. The van der Waals surface area contributed by atoms with Crippen LogP contribution in [0, 0.1) is 0 Å². The summed E-state index contributed by atoms with van der Waals surface area (Å²) >= 11 is 0. The van der Waals surface area contributed by atoms with Gasteiger partial charge in [0.2, 0.25) is 5.91 Å². The molecule has 0 fully saturated rings.